The monoisotopic (exact) mass is 347 g/mol. The largest absolute Gasteiger partial charge is 0.496 e. The van der Waals surface area contributed by atoms with Crippen molar-refractivity contribution in [2.75, 3.05) is 7.11 Å². The molecule has 0 saturated carbocycles. The van der Waals surface area contributed by atoms with E-state index in [9.17, 15) is 8.42 Å². The molecule has 0 aliphatic rings. The fraction of sp³-hybridized carbons (Fsp3) is 0.368. The molecule has 2 rings (SSSR count). The fourth-order valence-electron chi connectivity index (χ4n) is 2.67. The van der Waals surface area contributed by atoms with Crippen LogP contribution < -0.4 is 9.46 Å². The number of rotatable bonds is 5. The van der Waals surface area contributed by atoms with Gasteiger partial charge in [0.2, 0.25) is 10.0 Å². The van der Waals surface area contributed by atoms with Crippen LogP contribution in [0.2, 0.25) is 0 Å². The van der Waals surface area contributed by atoms with Crippen LogP contribution in [0.3, 0.4) is 0 Å². The highest BCUT2D eigenvalue weighted by Crippen LogP contribution is 2.27. The number of hydrogen-bond acceptors (Lipinski definition) is 3. The minimum absolute atomic E-state index is 0.288. The molecule has 0 aromatic heterocycles. The van der Waals surface area contributed by atoms with Gasteiger partial charge in [0.25, 0.3) is 0 Å². The molecule has 24 heavy (non-hydrogen) atoms. The van der Waals surface area contributed by atoms with E-state index in [1.165, 1.54) is 5.56 Å². The maximum absolute atomic E-state index is 12.8. The van der Waals surface area contributed by atoms with Crippen LogP contribution in [0.1, 0.15) is 40.8 Å². The normalized spacial score (nSPS) is 12.9. The highest BCUT2D eigenvalue weighted by Gasteiger charge is 2.22. The summed E-state index contributed by atoms with van der Waals surface area (Å²) in [5.41, 5.74) is 4.74. The van der Waals surface area contributed by atoms with E-state index in [4.69, 9.17) is 4.74 Å². The molecule has 0 aliphatic carbocycles. The van der Waals surface area contributed by atoms with Crippen molar-refractivity contribution in [3.63, 3.8) is 0 Å². The van der Waals surface area contributed by atoms with E-state index in [1.807, 2.05) is 45.9 Å². The minimum Gasteiger partial charge on any atom is -0.496 e. The number of ether oxygens (including phenoxy) is 1. The predicted molar refractivity (Wildman–Crippen MR) is 97.1 cm³/mol. The first-order chi connectivity index (χ1) is 11.2. The summed E-state index contributed by atoms with van der Waals surface area (Å²) in [5, 5.41) is 0. The van der Waals surface area contributed by atoms with Gasteiger partial charge in [-0.1, -0.05) is 18.2 Å². The van der Waals surface area contributed by atoms with Crippen LogP contribution in [0, 0.1) is 27.7 Å². The molecule has 0 spiro atoms. The van der Waals surface area contributed by atoms with Crippen LogP contribution in [0.4, 0.5) is 0 Å². The Kier molecular flexibility index (Phi) is 5.35. The maximum Gasteiger partial charge on any atom is 0.241 e. The first-order valence-electron chi connectivity index (χ1n) is 7.90. The Bertz CT molecular complexity index is 857. The van der Waals surface area contributed by atoms with Gasteiger partial charge in [-0.2, -0.15) is 0 Å². The van der Waals surface area contributed by atoms with Crippen LogP contribution in [-0.2, 0) is 10.0 Å². The third-order valence-electron chi connectivity index (χ3n) is 4.34. The Balaban J connectivity index is 2.34. The molecule has 0 unspecified atom stereocenters. The summed E-state index contributed by atoms with van der Waals surface area (Å²) in [6.07, 6.45) is 0. The first-order valence-corrected chi connectivity index (χ1v) is 9.38. The fourth-order valence-corrected chi connectivity index (χ4v) is 4.21. The summed E-state index contributed by atoms with van der Waals surface area (Å²) < 4.78 is 33.6. The Hall–Kier alpha value is -1.85. The zero-order chi connectivity index (χ0) is 18.1. The van der Waals surface area contributed by atoms with Crippen molar-refractivity contribution in [2.24, 2.45) is 0 Å². The molecule has 0 heterocycles. The Morgan fingerprint density at radius 1 is 0.917 bits per heavy atom. The van der Waals surface area contributed by atoms with Crippen molar-refractivity contribution in [1.82, 2.24) is 4.72 Å². The molecule has 0 bridgehead atoms. The zero-order valence-corrected chi connectivity index (χ0v) is 15.9. The van der Waals surface area contributed by atoms with E-state index < -0.39 is 10.0 Å². The van der Waals surface area contributed by atoms with Gasteiger partial charge in [0.05, 0.1) is 12.0 Å². The highest BCUT2D eigenvalue weighted by molar-refractivity contribution is 7.89. The van der Waals surface area contributed by atoms with E-state index in [1.54, 1.807) is 26.2 Å². The van der Waals surface area contributed by atoms with Gasteiger partial charge < -0.3 is 4.74 Å². The van der Waals surface area contributed by atoms with E-state index >= 15 is 0 Å². The van der Waals surface area contributed by atoms with Gasteiger partial charge in [0.1, 0.15) is 5.75 Å². The lowest BCUT2D eigenvalue weighted by atomic mass is 10.0. The lowest BCUT2D eigenvalue weighted by molar-refractivity contribution is 0.411. The molecule has 1 atom stereocenters. The number of nitrogens with one attached hydrogen (secondary N) is 1. The van der Waals surface area contributed by atoms with Crippen molar-refractivity contribution < 1.29 is 13.2 Å². The topological polar surface area (TPSA) is 55.4 Å². The lowest BCUT2D eigenvalue weighted by Gasteiger charge is -2.18. The minimum atomic E-state index is -3.61. The number of aryl methyl sites for hydroxylation is 4. The summed E-state index contributed by atoms with van der Waals surface area (Å²) in [7, 11) is -2.03. The van der Waals surface area contributed by atoms with Crippen LogP contribution in [0.25, 0.3) is 0 Å². The molecular formula is C19H25NO3S. The van der Waals surface area contributed by atoms with Gasteiger partial charge >= 0.3 is 0 Å². The summed E-state index contributed by atoms with van der Waals surface area (Å²) in [5.74, 6) is 0.689. The third-order valence-corrected chi connectivity index (χ3v) is 6.03. The zero-order valence-electron chi connectivity index (χ0n) is 15.1. The lowest BCUT2D eigenvalue weighted by Crippen LogP contribution is -2.27. The van der Waals surface area contributed by atoms with Gasteiger partial charge in [-0.3, -0.25) is 0 Å². The van der Waals surface area contributed by atoms with Gasteiger partial charge in [-0.15, -0.1) is 0 Å². The van der Waals surface area contributed by atoms with Crippen LogP contribution in [0.5, 0.6) is 5.75 Å². The van der Waals surface area contributed by atoms with E-state index in [-0.39, 0.29) is 10.9 Å². The summed E-state index contributed by atoms with van der Waals surface area (Å²) in [6.45, 7) is 9.53. The average Bonchev–Trinajstić information content (AvgIpc) is 2.51. The molecule has 130 valence electrons. The van der Waals surface area contributed by atoms with Crippen molar-refractivity contribution in [3.8, 4) is 5.75 Å². The Labute approximate surface area is 144 Å². The quantitative estimate of drug-likeness (QED) is 0.890. The molecule has 0 aliphatic heterocycles. The number of benzene rings is 2. The smallest absolute Gasteiger partial charge is 0.241 e. The average molecular weight is 347 g/mol. The second-order valence-electron chi connectivity index (χ2n) is 6.27. The second kappa shape index (κ2) is 6.95. The van der Waals surface area contributed by atoms with Gasteiger partial charge in [0, 0.05) is 6.04 Å². The second-order valence-corrected chi connectivity index (χ2v) is 7.96. The summed E-state index contributed by atoms with van der Waals surface area (Å²) in [4.78, 5) is 0.288. The molecular weight excluding hydrogens is 322 g/mol. The molecule has 1 N–H and O–H groups in total. The third kappa shape index (κ3) is 3.79. The van der Waals surface area contributed by atoms with Crippen molar-refractivity contribution in [1.29, 1.82) is 0 Å². The van der Waals surface area contributed by atoms with Gasteiger partial charge in [0.15, 0.2) is 0 Å². The molecule has 5 heteroatoms. The number of methoxy groups -OCH3 is 1. The van der Waals surface area contributed by atoms with Crippen molar-refractivity contribution in [3.05, 3.63) is 58.1 Å². The van der Waals surface area contributed by atoms with Gasteiger partial charge in [-0.25, -0.2) is 13.1 Å². The highest BCUT2D eigenvalue weighted by atomic mass is 32.2. The predicted octanol–water partition coefficient (Wildman–Crippen LogP) is 3.97. The first kappa shape index (κ1) is 18.5. The van der Waals surface area contributed by atoms with E-state index in [0.717, 1.165) is 16.7 Å². The molecule has 0 amide bonds. The summed E-state index contributed by atoms with van der Waals surface area (Å²) >= 11 is 0. The SMILES string of the molecule is COc1cc(C)c(S(=O)(=O)N[C@H](C)c2ccc(C)c(C)c2)cc1C. The standard InChI is InChI=1S/C19H25NO3S/c1-12-7-8-17(9-13(12)2)16(5)20-24(21,22)19-11-14(3)18(23-6)10-15(19)4/h7-11,16,20H,1-6H3/t16-/m1/s1. The van der Waals surface area contributed by atoms with Crippen molar-refractivity contribution >= 4 is 10.0 Å². The maximum atomic E-state index is 12.8. The van der Waals surface area contributed by atoms with Crippen LogP contribution in [-0.4, -0.2) is 15.5 Å². The molecule has 2 aromatic carbocycles. The molecule has 4 nitrogen and oxygen atoms in total. The summed E-state index contributed by atoms with van der Waals surface area (Å²) in [6, 6.07) is 9.10. The van der Waals surface area contributed by atoms with E-state index in [2.05, 4.69) is 4.72 Å². The van der Waals surface area contributed by atoms with Crippen LogP contribution >= 0.6 is 0 Å². The van der Waals surface area contributed by atoms with Gasteiger partial charge in [-0.05, 0) is 74.6 Å². The molecule has 0 radical (unpaired) electrons. The molecule has 0 fully saturated rings. The van der Waals surface area contributed by atoms with Crippen molar-refractivity contribution in [2.45, 2.75) is 45.6 Å². The Morgan fingerprint density at radius 3 is 2.17 bits per heavy atom. The number of hydrogen-bond donors (Lipinski definition) is 1. The molecule has 2 aromatic rings. The Morgan fingerprint density at radius 2 is 1.58 bits per heavy atom. The number of sulfonamides is 1. The molecule has 0 saturated heterocycles. The van der Waals surface area contributed by atoms with Crippen LogP contribution in [0.15, 0.2) is 35.2 Å². The van der Waals surface area contributed by atoms with E-state index in [0.29, 0.717) is 11.3 Å².